The topological polar surface area (TPSA) is 570 Å². The summed E-state index contributed by atoms with van der Waals surface area (Å²) in [7, 11) is 0. The summed E-state index contributed by atoms with van der Waals surface area (Å²) in [5.41, 5.74) is 27.3. The number of nitrogens with two attached hydrogens (primary N) is 5. The van der Waals surface area contributed by atoms with Crippen LogP contribution >= 0.6 is 12.6 Å². The van der Waals surface area contributed by atoms with Gasteiger partial charge in [-0.2, -0.15) is 12.6 Å². The number of aliphatic carboxylic acids is 1. The number of hydrogen-bond acceptors (Lipinski definition) is 20. The Morgan fingerprint density at radius 2 is 0.925 bits per heavy atom. The molecule has 1 aliphatic rings. The van der Waals surface area contributed by atoms with Gasteiger partial charge in [0, 0.05) is 25.1 Å². The van der Waals surface area contributed by atoms with Gasteiger partial charge in [-0.25, -0.2) is 0 Å². The van der Waals surface area contributed by atoms with E-state index in [0.29, 0.717) is 19.4 Å². The molecule has 0 unspecified atom stereocenters. The minimum Gasteiger partial charge on any atom is -0.481 e. The van der Waals surface area contributed by atoms with Crippen LogP contribution in [-0.2, 0) is 71.9 Å². The van der Waals surface area contributed by atoms with E-state index in [2.05, 4.69) is 65.8 Å². The summed E-state index contributed by atoms with van der Waals surface area (Å²) in [6.07, 6.45) is -2.78. The number of carboxylic acids is 1. The van der Waals surface area contributed by atoms with Crippen molar-refractivity contribution in [3.63, 3.8) is 0 Å². The lowest BCUT2D eigenvalue weighted by atomic mass is 9.99. The second kappa shape index (κ2) is 41.7. The smallest absolute Gasteiger partial charge is 0.303 e. The zero-order valence-corrected chi connectivity index (χ0v) is 55.5. The molecule has 528 valence electrons. The standard InChI is InChI=1S/C58H102N16O18S/c1-27(2)21-36(51(85)64-33(47(63)81)13-10-11-19-59)67-52(86)37(22-28(3)4)69-57(91)46(31(9)76)73-53(87)38(23-29(5)6)68-55(89)41-14-12-20-74(41)58(92)39(25-75)70-56(90)45(30(7)8)72-50(84)34(15-17-42(61)77)65-49(83)35(16-18-44(79)80)66-54(88)40(26-93)71-48(82)32(60)24-43(62)78/h27-41,45-46,75-76,93H,10-26,59-60H2,1-9H3,(H2,61,77)(H2,62,78)(H2,63,81)(H,64,85)(H,65,83)(H,66,88)(H,67,86)(H,68,89)(H,69,91)(H,70,90)(H,71,82)(H,72,84)(H,73,87)(H,79,80)/t31-,32+,33+,34+,35+,36+,37+,38+,39+,40+,41+,45+,46+/m1/s1. The Morgan fingerprint density at radius 1 is 0.505 bits per heavy atom. The number of carbonyl (C=O) groups excluding carboxylic acids is 14. The number of primary amides is 3. The quantitative estimate of drug-likeness (QED) is 0.0199. The van der Waals surface area contributed by atoms with E-state index in [1.54, 1.807) is 27.7 Å². The van der Waals surface area contributed by atoms with E-state index in [9.17, 15) is 87.2 Å². The molecule has 0 spiro atoms. The molecule has 34 nitrogen and oxygen atoms in total. The second-order valence-corrected chi connectivity index (χ2v) is 25.2. The van der Waals surface area contributed by atoms with Gasteiger partial charge in [0.2, 0.25) is 82.7 Å². The van der Waals surface area contributed by atoms with Gasteiger partial charge in [0.1, 0.15) is 66.5 Å². The maximum atomic E-state index is 14.2. The fraction of sp³-hybridized carbons (Fsp3) is 0.741. The van der Waals surface area contributed by atoms with Crippen LogP contribution in [-0.4, -0.2) is 213 Å². The van der Waals surface area contributed by atoms with Gasteiger partial charge in [-0.05, 0) is 101 Å². The molecule has 1 fully saturated rings. The van der Waals surface area contributed by atoms with E-state index >= 15 is 0 Å². The lowest BCUT2D eigenvalue weighted by Crippen LogP contribution is -2.62. The number of hydrogen-bond donors (Lipinski definition) is 19. The second-order valence-electron chi connectivity index (χ2n) is 24.8. The van der Waals surface area contributed by atoms with Crippen LogP contribution in [0.1, 0.15) is 146 Å². The molecule has 1 aliphatic heterocycles. The molecule has 93 heavy (non-hydrogen) atoms. The fourth-order valence-electron chi connectivity index (χ4n) is 9.78. The molecule has 35 heteroatoms. The summed E-state index contributed by atoms with van der Waals surface area (Å²) >= 11 is 4.05. The van der Waals surface area contributed by atoms with Gasteiger partial charge < -0.3 is 102 Å². The lowest BCUT2D eigenvalue weighted by molar-refractivity contribution is -0.143. The number of unbranched alkanes of at least 4 members (excludes halogenated alkanes) is 1. The summed E-state index contributed by atoms with van der Waals surface area (Å²) in [5, 5.41) is 55.6. The largest absolute Gasteiger partial charge is 0.481 e. The number of aliphatic hydroxyl groups is 2. The number of nitrogens with zero attached hydrogens (tertiary/aromatic N) is 1. The van der Waals surface area contributed by atoms with Crippen LogP contribution in [0.3, 0.4) is 0 Å². The molecule has 0 aromatic carbocycles. The zero-order valence-electron chi connectivity index (χ0n) is 54.6. The van der Waals surface area contributed by atoms with Crippen molar-refractivity contribution in [2.24, 2.45) is 52.3 Å². The summed E-state index contributed by atoms with van der Waals surface area (Å²) in [4.78, 5) is 200. The van der Waals surface area contributed by atoms with Crippen molar-refractivity contribution < 1.29 is 87.2 Å². The molecule has 0 aromatic rings. The average Bonchev–Trinajstić information content (AvgIpc) is 1.82. The normalized spacial score (nSPS) is 16.9. The highest BCUT2D eigenvalue weighted by Crippen LogP contribution is 2.21. The van der Waals surface area contributed by atoms with E-state index in [4.69, 9.17) is 28.7 Å². The molecular weight excluding hydrogens is 1240 g/mol. The summed E-state index contributed by atoms with van der Waals surface area (Å²) in [6.45, 7) is 14.1. The van der Waals surface area contributed by atoms with E-state index in [1.165, 1.54) is 20.8 Å². The van der Waals surface area contributed by atoms with Crippen molar-refractivity contribution in [1.82, 2.24) is 58.1 Å². The van der Waals surface area contributed by atoms with Crippen molar-refractivity contribution in [1.29, 1.82) is 0 Å². The monoisotopic (exact) mass is 1340 g/mol. The number of thiol groups is 1. The summed E-state index contributed by atoms with van der Waals surface area (Å²) < 4.78 is 0. The number of aliphatic hydroxyl groups excluding tert-OH is 2. The van der Waals surface area contributed by atoms with Gasteiger partial charge >= 0.3 is 5.97 Å². The van der Waals surface area contributed by atoms with Crippen molar-refractivity contribution >= 4 is 101 Å². The number of carboxylic acid groups (broad SMARTS) is 1. The Kier molecular flexibility index (Phi) is 37.4. The minimum atomic E-state index is -1.75. The van der Waals surface area contributed by atoms with Crippen LogP contribution in [0.2, 0.25) is 0 Å². The Labute approximate surface area is 546 Å². The molecule has 1 saturated heterocycles. The molecule has 1 heterocycles. The van der Waals surface area contributed by atoms with Crippen LogP contribution < -0.4 is 81.8 Å². The molecule has 23 N–H and O–H groups in total. The van der Waals surface area contributed by atoms with Crippen molar-refractivity contribution in [3.8, 4) is 0 Å². The Morgan fingerprint density at radius 3 is 1.38 bits per heavy atom. The third-order valence-electron chi connectivity index (χ3n) is 14.7. The van der Waals surface area contributed by atoms with Gasteiger partial charge in [-0.1, -0.05) is 55.4 Å². The molecule has 13 atom stereocenters. The van der Waals surface area contributed by atoms with Crippen molar-refractivity contribution in [2.75, 3.05) is 25.4 Å². The predicted molar refractivity (Wildman–Crippen MR) is 339 cm³/mol. The SMILES string of the molecule is CC(C)C[C@H](NC(=O)[C@H](CC(C)C)NC(=O)[C@@H](NC(=O)[C@H](CC(C)C)NC(=O)[C@@H]1CCCN1C(=O)[C@H](CO)NC(=O)[C@@H](NC(=O)[C@H](CCC(N)=O)NC(=O)[C@H](CCC(=O)O)NC(=O)[C@H](CS)NC(=O)[C@@H](N)CC(N)=O)C(C)C)[C@@H](C)O)C(=O)N[C@@H](CCCCN)C(N)=O. The highest BCUT2D eigenvalue weighted by atomic mass is 32.1. The van der Waals surface area contributed by atoms with Crippen LogP contribution in [0.25, 0.3) is 0 Å². The Hall–Kier alpha value is -7.76. The molecule has 0 saturated carbocycles. The van der Waals surface area contributed by atoms with Crippen molar-refractivity contribution in [2.45, 2.75) is 224 Å². The van der Waals surface area contributed by atoms with Crippen molar-refractivity contribution in [3.05, 3.63) is 0 Å². The minimum absolute atomic E-state index is 0.0320. The molecular formula is C58H102N16O18S. The third kappa shape index (κ3) is 30.2. The first-order chi connectivity index (χ1) is 43.4. The first-order valence-corrected chi connectivity index (χ1v) is 31.8. The number of rotatable bonds is 44. The van der Waals surface area contributed by atoms with Crippen LogP contribution in [0.5, 0.6) is 0 Å². The molecule has 14 amide bonds. The lowest BCUT2D eigenvalue weighted by Gasteiger charge is -2.31. The highest BCUT2D eigenvalue weighted by Gasteiger charge is 2.42. The van der Waals surface area contributed by atoms with E-state index in [-0.39, 0.29) is 68.6 Å². The first kappa shape index (κ1) is 83.3. The average molecular weight is 1340 g/mol. The van der Waals surface area contributed by atoms with Crippen LogP contribution in [0.15, 0.2) is 0 Å². The van der Waals surface area contributed by atoms with Crippen LogP contribution in [0.4, 0.5) is 0 Å². The predicted octanol–water partition coefficient (Wildman–Crippen LogP) is -6.13. The maximum absolute atomic E-state index is 14.2. The molecule has 0 aromatic heterocycles. The third-order valence-corrected chi connectivity index (χ3v) is 15.1. The fourth-order valence-corrected chi connectivity index (χ4v) is 10.0. The van der Waals surface area contributed by atoms with Gasteiger partial charge in [-0.15, -0.1) is 0 Å². The number of carbonyl (C=O) groups is 15. The number of likely N-dealkylation sites (tertiary alicyclic amines) is 1. The Bertz CT molecular complexity index is 2600. The van der Waals surface area contributed by atoms with Gasteiger partial charge in [0.15, 0.2) is 0 Å². The zero-order chi connectivity index (χ0) is 71.1. The molecule has 1 rings (SSSR count). The van der Waals surface area contributed by atoms with Gasteiger partial charge in [-0.3, -0.25) is 71.9 Å². The first-order valence-electron chi connectivity index (χ1n) is 31.2. The highest BCUT2D eigenvalue weighted by molar-refractivity contribution is 7.80. The number of amides is 14. The van der Waals surface area contributed by atoms with Gasteiger partial charge in [0.25, 0.3) is 0 Å². The summed E-state index contributed by atoms with van der Waals surface area (Å²) in [5.74, 6) is -16.4. The van der Waals surface area contributed by atoms with Gasteiger partial charge in [0.05, 0.1) is 25.2 Å². The molecule has 0 bridgehead atoms. The van der Waals surface area contributed by atoms with E-state index in [0.717, 1.165) is 4.90 Å². The number of nitrogens with one attached hydrogen (secondary N) is 10. The summed E-state index contributed by atoms with van der Waals surface area (Å²) in [6, 6.07) is -17.6. The maximum Gasteiger partial charge on any atom is 0.303 e. The molecule has 0 radical (unpaired) electrons. The van der Waals surface area contributed by atoms with E-state index in [1.807, 2.05) is 13.8 Å². The Balaban J connectivity index is 3.42. The molecule has 0 aliphatic carbocycles. The van der Waals surface area contributed by atoms with Crippen LogP contribution in [0, 0.1) is 23.7 Å². The van der Waals surface area contributed by atoms with E-state index < -0.39 is 212 Å².